The van der Waals surface area contributed by atoms with Crippen LogP contribution in [0.2, 0.25) is 0 Å². The fourth-order valence-corrected chi connectivity index (χ4v) is 1.53. The number of aliphatic hydroxyl groups excluding tert-OH is 1. The Bertz CT molecular complexity index is 405. The molecule has 0 spiro atoms. The third-order valence-electron chi connectivity index (χ3n) is 2.37. The number of aliphatic hydroxyl groups is 1. The van der Waals surface area contributed by atoms with Crippen molar-refractivity contribution in [1.82, 2.24) is 0 Å². The van der Waals surface area contributed by atoms with E-state index in [1.54, 1.807) is 25.1 Å². The smallest absolute Gasteiger partial charge is 0.221 e. The van der Waals surface area contributed by atoms with Crippen molar-refractivity contribution in [2.75, 3.05) is 12.4 Å². The summed E-state index contributed by atoms with van der Waals surface area (Å²) in [6.07, 6.45) is -0.835. The molecule has 0 aliphatic rings. The number of hydrogen-bond donors (Lipinski definition) is 3. The first kappa shape index (κ1) is 13.5. The number of benzene rings is 1. The van der Waals surface area contributed by atoms with Gasteiger partial charge in [0.1, 0.15) is 5.75 Å². The van der Waals surface area contributed by atoms with Crippen LogP contribution in [0.3, 0.4) is 0 Å². The lowest BCUT2D eigenvalue weighted by molar-refractivity contribution is -0.114. The molecule has 0 fully saturated rings. The summed E-state index contributed by atoms with van der Waals surface area (Å²) in [5.41, 5.74) is 6.82. The van der Waals surface area contributed by atoms with Crippen LogP contribution in [0.15, 0.2) is 18.2 Å². The monoisotopic (exact) mass is 238 g/mol. The Labute approximate surface area is 101 Å². The maximum atomic E-state index is 11.0. The van der Waals surface area contributed by atoms with Gasteiger partial charge >= 0.3 is 0 Å². The number of hydrogen-bond acceptors (Lipinski definition) is 4. The molecule has 1 amide bonds. The van der Waals surface area contributed by atoms with Gasteiger partial charge in [-0.3, -0.25) is 4.79 Å². The molecule has 0 bridgehead atoms. The van der Waals surface area contributed by atoms with E-state index < -0.39 is 12.1 Å². The first-order valence-corrected chi connectivity index (χ1v) is 5.35. The van der Waals surface area contributed by atoms with Crippen molar-refractivity contribution in [3.8, 4) is 5.75 Å². The van der Waals surface area contributed by atoms with Crippen LogP contribution in [0.25, 0.3) is 0 Å². The Kier molecular flexibility index (Phi) is 4.48. The minimum absolute atomic E-state index is 0.170. The number of anilines is 1. The Balaban J connectivity index is 3.10. The molecule has 0 aromatic heterocycles. The van der Waals surface area contributed by atoms with Crippen molar-refractivity contribution in [2.24, 2.45) is 5.73 Å². The van der Waals surface area contributed by atoms with Crippen LogP contribution < -0.4 is 15.8 Å². The van der Waals surface area contributed by atoms with E-state index in [9.17, 15) is 9.90 Å². The van der Waals surface area contributed by atoms with E-state index >= 15 is 0 Å². The van der Waals surface area contributed by atoms with Gasteiger partial charge in [0.05, 0.1) is 13.2 Å². The highest BCUT2D eigenvalue weighted by atomic mass is 16.5. The molecule has 0 aliphatic heterocycles. The van der Waals surface area contributed by atoms with Crippen molar-refractivity contribution in [3.63, 3.8) is 0 Å². The number of nitrogens with one attached hydrogen (secondary N) is 1. The second-order valence-electron chi connectivity index (χ2n) is 3.94. The van der Waals surface area contributed by atoms with Crippen molar-refractivity contribution >= 4 is 11.6 Å². The summed E-state index contributed by atoms with van der Waals surface area (Å²) < 4.78 is 5.15. The van der Waals surface area contributed by atoms with E-state index in [0.29, 0.717) is 17.0 Å². The zero-order valence-electron chi connectivity index (χ0n) is 10.2. The number of carbonyl (C=O) groups excluding carboxylic acids is 1. The van der Waals surface area contributed by atoms with E-state index in [4.69, 9.17) is 10.5 Å². The first-order valence-electron chi connectivity index (χ1n) is 5.35. The minimum Gasteiger partial charge on any atom is -0.496 e. The third-order valence-corrected chi connectivity index (χ3v) is 2.37. The van der Waals surface area contributed by atoms with Gasteiger partial charge in [0.15, 0.2) is 0 Å². The van der Waals surface area contributed by atoms with Crippen LogP contribution >= 0.6 is 0 Å². The third kappa shape index (κ3) is 3.44. The topological polar surface area (TPSA) is 84.6 Å². The average Bonchev–Trinajstić information content (AvgIpc) is 2.27. The zero-order valence-corrected chi connectivity index (χ0v) is 10.2. The molecule has 0 aliphatic carbocycles. The summed E-state index contributed by atoms with van der Waals surface area (Å²) in [5, 5.41) is 12.6. The van der Waals surface area contributed by atoms with E-state index in [0.717, 1.165) is 0 Å². The summed E-state index contributed by atoms with van der Waals surface area (Å²) >= 11 is 0. The van der Waals surface area contributed by atoms with Gasteiger partial charge in [-0.25, -0.2) is 0 Å². The molecule has 17 heavy (non-hydrogen) atoms. The van der Waals surface area contributed by atoms with Crippen LogP contribution in [0.4, 0.5) is 5.69 Å². The maximum absolute atomic E-state index is 11.0. The van der Waals surface area contributed by atoms with Crippen LogP contribution in [-0.4, -0.2) is 24.2 Å². The Morgan fingerprint density at radius 2 is 2.18 bits per heavy atom. The molecule has 0 heterocycles. The van der Waals surface area contributed by atoms with E-state index in [-0.39, 0.29) is 5.91 Å². The zero-order chi connectivity index (χ0) is 13.0. The fourth-order valence-electron chi connectivity index (χ4n) is 1.53. The number of carbonyl (C=O) groups is 1. The largest absolute Gasteiger partial charge is 0.496 e. The molecule has 0 radical (unpaired) electrons. The molecular weight excluding hydrogens is 220 g/mol. The van der Waals surface area contributed by atoms with E-state index in [2.05, 4.69) is 5.32 Å². The van der Waals surface area contributed by atoms with Gasteiger partial charge in [-0.15, -0.1) is 0 Å². The highest BCUT2D eigenvalue weighted by Gasteiger charge is 2.17. The molecular formula is C12H18N2O3. The lowest BCUT2D eigenvalue weighted by Crippen LogP contribution is -2.25. The standard InChI is InChI=1S/C12H18N2O3/c1-7(13)12(16)10-6-9(14-8(2)15)4-5-11(10)17-3/h4-7,12,16H,13H2,1-3H3,(H,14,15). The van der Waals surface area contributed by atoms with Crippen molar-refractivity contribution < 1.29 is 14.6 Å². The minimum atomic E-state index is -0.835. The number of methoxy groups -OCH3 is 1. The number of amides is 1. The molecule has 1 aromatic rings. The molecule has 2 atom stereocenters. The van der Waals surface area contributed by atoms with Crippen LogP contribution in [0, 0.1) is 0 Å². The highest BCUT2D eigenvalue weighted by molar-refractivity contribution is 5.88. The molecule has 5 nitrogen and oxygen atoms in total. The van der Waals surface area contributed by atoms with E-state index in [1.165, 1.54) is 14.0 Å². The van der Waals surface area contributed by atoms with Gasteiger partial charge in [-0.05, 0) is 25.1 Å². The van der Waals surface area contributed by atoms with Crippen LogP contribution in [-0.2, 0) is 4.79 Å². The highest BCUT2D eigenvalue weighted by Crippen LogP contribution is 2.29. The van der Waals surface area contributed by atoms with Gasteiger partial charge in [0.2, 0.25) is 5.91 Å². The number of nitrogens with two attached hydrogens (primary N) is 1. The maximum Gasteiger partial charge on any atom is 0.221 e. The van der Waals surface area contributed by atoms with Gasteiger partial charge in [-0.2, -0.15) is 0 Å². The lowest BCUT2D eigenvalue weighted by atomic mass is 10.0. The van der Waals surface area contributed by atoms with Crippen molar-refractivity contribution in [3.05, 3.63) is 23.8 Å². The molecule has 0 saturated heterocycles. The lowest BCUT2D eigenvalue weighted by Gasteiger charge is -2.19. The summed E-state index contributed by atoms with van der Waals surface area (Å²) in [5.74, 6) is 0.375. The second kappa shape index (κ2) is 5.65. The molecule has 2 unspecified atom stereocenters. The molecule has 4 N–H and O–H groups in total. The average molecular weight is 238 g/mol. The summed E-state index contributed by atoms with van der Waals surface area (Å²) in [6, 6.07) is 4.63. The summed E-state index contributed by atoms with van der Waals surface area (Å²) in [4.78, 5) is 11.0. The van der Waals surface area contributed by atoms with Gasteiger partial charge in [0, 0.05) is 24.2 Å². The fraction of sp³-hybridized carbons (Fsp3) is 0.417. The second-order valence-corrected chi connectivity index (χ2v) is 3.94. The molecule has 94 valence electrons. The quantitative estimate of drug-likeness (QED) is 0.731. The summed E-state index contributed by atoms with van der Waals surface area (Å²) in [6.45, 7) is 3.13. The van der Waals surface area contributed by atoms with Gasteiger partial charge in [0.25, 0.3) is 0 Å². The van der Waals surface area contributed by atoms with Gasteiger partial charge in [-0.1, -0.05) is 0 Å². The SMILES string of the molecule is COc1ccc(NC(C)=O)cc1C(O)C(C)N. The normalized spacial score (nSPS) is 13.9. The molecule has 1 aromatic carbocycles. The van der Waals surface area contributed by atoms with Crippen LogP contribution in [0.1, 0.15) is 25.5 Å². The van der Waals surface area contributed by atoms with Crippen molar-refractivity contribution in [2.45, 2.75) is 26.0 Å². The van der Waals surface area contributed by atoms with Crippen molar-refractivity contribution in [1.29, 1.82) is 0 Å². The van der Waals surface area contributed by atoms with Gasteiger partial charge < -0.3 is 20.9 Å². The Morgan fingerprint density at radius 1 is 1.53 bits per heavy atom. The summed E-state index contributed by atoms with van der Waals surface area (Å²) in [7, 11) is 1.52. The molecule has 1 rings (SSSR count). The molecule has 5 heteroatoms. The van der Waals surface area contributed by atoms with Crippen LogP contribution in [0.5, 0.6) is 5.75 Å². The van der Waals surface area contributed by atoms with E-state index in [1.807, 2.05) is 0 Å². The predicted molar refractivity (Wildman–Crippen MR) is 65.9 cm³/mol. The first-order chi connectivity index (χ1) is 7.95. The number of ether oxygens (including phenoxy) is 1. The molecule has 0 saturated carbocycles. The number of rotatable bonds is 4. The Hall–Kier alpha value is -1.59. The Morgan fingerprint density at radius 3 is 2.65 bits per heavy atom. The predicted octanol–water partition coefficient (Wildman–Crippen LogP) is 1.03.